The van der Waals surface area contributed by atoms with E-state index in [2.05, 4.69) is 30.5 Å². The van der Waals surface area contributed by atoms with E-state index in [0.717, 1.165) is 55.7 Å². The molecule has 0 bridgehead atoms. The number of piperidine rings is 1. The van der Waals surface area contributed by atoms with Crippen molar-refractivity contribution in [2.24, 2.45) is 0 Å². The van der Waals surface area contributed by atoms with Gasteiger partial charge < -0.3 is 64.2 Å². The minimum atomic E-state index is -0.273. The van der Waals surface area contributed by atoms with Crippen molar-refractivity contribution < 1.29 is 47.5 Å². The van der Waals surface area contributed by atoms with Crippen LogP contribution in [0, 0.1) is 0 Å². The predicted octanol–water partition coefficient (Wildman–Crippen LogP) is 7.15. The number of ether oxygens (including phenoxy) is 7. The molecule has 0 radical (unpaired) electrons. The quantitative estimate of drug-likeness (QED) is 0.0326. The van der Waals surface area contributed by atoms with E-state index in [1.54, 1.807) is 55.6 Å². The first kappa shape index (κ1) is 56.9. The molecule has 22 heteroatoms. The van der Waals surface area contributed by atoms with Crippen LogP contribution in [0.25, 0.3) is 22.3 Å². The van der Waals surface area contributed by atoms with Gasteiger partial charge in [-0.1, -0.05) is 44.0 Å². The number of amides is 3. The topological polar surface area (TPSA) is 245 Å². The third kappa shape index (κ3) is 14.3. The summed E-state index contributed by atoms with van der Waals surface area (Å²) in [5.41, 5.74) is 10.3. The number of rotatable bonds is 28. The number of nitrogens with zero attached hydrogens (tertiary/aromatic N) is 9. The summed E-state index contributed by atoms with van der Waals surface area (Å²) in [6.45, 7) is 7.19. The van der Waals surface area contributed by atoms with Crippen molar-refractivity contribution in [3.8, 4) is 28.5 Å². The van der Waals surface area contributed by atoms with E-state index in [1.165, 1.54) is 6.33 Å². The van der Waals surface area contributed by atoms with E-state index in [-0.39, 0.29) is 42.5 Å². The number of benzene rings is 3. The van der Waals surface area contributed by atoms with E-state index >= 15 is 0 Å². The fraction of sp³-hybridized carbons (Fsp3) is 0.448. The lowest BCUT2D eigenvalue weighted by atomic mass is 10.0. The number of anilines is 5. The second-order valence-electron chi connectivity index (χ2n) is 19.6. The standard InChI is InChI=1S/C58H72N12O10/c1-4-47-57(73)67(2)48-37-61-58(65-54(48)69(47)42-12-8-9-13-42)64-46-23-20-41(36-49(46)74-3)56(72)60-24-27-76-29-31-78-33-35-79-34-32-77-30-28-75-26-11-17-50(71)68-25-10-14-43(38-68)70-55-51(53(59)62-39-63-55)52(66-70)40-18-21-45(22-19-40)80-44-15-6-5-7-16-44/h5-7,11,15-23,36-37,39,42-43,47H,4,8-10,12-14,24-35,38H2,1-3H3,(H,60,72)(H2,59,62,63)(H,61,64,65)/b17-11+/t43-,47-/m1/s1. The van der Waals surface area contributed by atoms with Crippen molar-refractivity contribution in [3.63, 3.8) is 0 Å². The van der Waals surface area contributed by atoms with Crippen LogP contribution in [-0.2, 0) is 33.3 Å². The minimum absolute atomic E-state index is 0.0586. The number of likely N-dealkylation sites (N-methyl/N-ethyl adjacent to an activating group) is 1. The fourth-order valence-electron chi connectivity index (χ4n) is 10.2. The molecule has 6 aromatic rings. The lowest BCUT2D eigenvalue weighted by Crippen LogP contribution is -2.55. The molecule has 2 aliphatic heterocycles. The molecule has 3 aromatic heterocycles. The molecule has 1 saturated heterocycles. The molecule has 4 N–H and O–H groups in total. The molecule has 0 unspecified atom stereocenters. The van der Waals surface area contributed by atoms with Crippen molar-refractivity contribution in [2.75, 3.05) is 121 Å². The Labute approximate surface area is 465 Å². The number of para-hydroxylation sites is 1. The van der Waals surface area contributed by atoms with Crippen molar-refractivity contribution in [3.05, 3.63) is 103 Å². The van der Waals surface area contributed by atoms with Gasteiger partial charge in [0.1, 0.15) is 46.8 Å². The first-order chi connectivity index (χ1) is 39.2. The number of nitrogens with one attached hydrogen (secondary N) is 2. The van der Waals surface area contributed by atoms with E-state index < -0.39 is 0 Å². The SMILES string of the molecule is CC[C@@H]1C(=O)N(C)c2cnc(Nc3ccc(C(=O)NCCOCCOCCOCCOCCOC/C=C/C(=O)N4CCC[C@@H](n5nc(-c6ccc(Oc7ccccc7)cc6)c6c(N)ncnc65)C4)cc3OC)nc2N1C1CCCC1. The lowest BCUT2D eigenvalue weighted by Gasteiger charge is -2.43. The molecule has 5 heterocycles. The maximum absolute atomic E-state index is 13.3. The Kier molecular flexibility index (Phi) is 20.2. The zero-order valence-electron chi connectivity index (χ0n) is 45.8. The average molecular weight is 1100 g/mol. The molecule has 9 rings (SSSR count). The van der Waals surface area contributed by atoms with Crippen LogP contribution in [0.2, 0.25) is 0 Å². The Hall–Kier alpha value is -7.76. The zero-order chi connectivity index (χ0) is 55.6. The van der Waals surface area contributed by atoms with Gasteiger partial charge in [0, 0.05) is 49.9 Å². The molecular formula is C58H72N12O10. The number of fused-ring (bicyclic) bond motifs is 2. The Bertz CT molecular complexity index is 3030. The summed E-state index contributed by atoms with van der Waals surface area (Å²) in [4.78, 5) is 63.5. The molecule has 80 heavy (non-hydrogen) atoms. The normalized spacial score (nSPS) is 16.6. The summed E-state index contributed by atoms with van der Waals surface area (Å²) in [5.74, 6) is 3.06. The van der Waals surface area contributed by atoms with Gasteiger partial charge in [-0.05, 0) is 86.7 Å². The monoisotopic (exact) mass is 1100 g/mol. The number of carbonyl (C=O) groups excluding carboxylic acids is 3. The van der Waals surface area contributed by atoms with Crippen molar-refractivity contribution in [1.82, 2.24) is 39.9 Å². The summed E-state index contributed by atoms with van der Waals surface area (Å²) in [5, 5.41) is 11.8. The van der Waals surface area contributed by atoms with E-state index in [1.807, 2.05) is 71.1 Å². The Morgan fingerprint density at radius 2 is 1.49 bits per heavy atom. The number of hydrogen-bond acceptors (Lipinski definition) is 18. The Morgan fingerprint density at radius 3 is 2.20 bits per heavy atom. The van der Waals surface area contributed by atoms with Crippen LogP contribution < -0.4 is 35.6 Å². The molecule has 1 saturated carbocycles. The first-order valence-corrected chi connectivity index (χ1v) is 27.5. The number of nitrogens with two attached hydrogens (primary N) is 1. The minimum Gasteiger partial charge on any atom is -0.495 e. The van der Waals surface area contributed by atoms with E-state index in [4.69, 9.17) is 49.0 Å². The average Bonchev–Trinajstić information content (AvgIpc) is 4.29. The highest BCUT2D eigenvalue weighted by molar-refractivity contribution is 6.04. The summed E-state index contributed by atoms with van der Waals surface area (Å²) in [6, 6.07) is 22.3. The number of methoxy groups -OCH3 is 1. The highest BCUT2D eigenvalue weighted by Gasteiger charge is 2.41. The van der Waals surface area contributed by atoms with Crippen molar-refractivity contribution >= 4 is 57.7 Å². The molecule has 3 aliphatic rings. The van der Waals surface area contributed by atoms with Gasteiger partial charge in [-0.25, -0.2) is 19.6 Å². The third-order valence-corrected chi connectivity index (χ3v) is 14.3. The summed E-state index contributed by atoms with van der Waals surface area (Å²) in [6.07, 6.45) is 13.1. The number of carbonyl (C=O) groups is 3. The highest BCUT2D eigenvalue weighted by atomic mass is 16.6. The number of nitrogen functional groups attached to an aromatic ring is 1. The van der Waals surface area contributed by atoms with Crippen LogP contribution in [0.4, 0.5) is 29.0 Å². The number of hydrogen-bond donors (Lipinski definition) is 3. The molecule has 1 aliphatic carbocycles. The smallest absolute Gasteiger partial charge is 0.251 e. The molecular weight excluding hydrogens is 1020 g/mol. The third-order valence-electron chi connectivity index (χ3n) is 14.3. The molecule has 2 atom stereocenters. The molecule has 3 amide bonds. The van der Waals surface area contributed by atoms with Gasteiger partial charge in [0.25, 0.3) is 5.91 Å². The van der Waals surface area contributed by atoms with Gasteiger partial charge in [0.2, 0.25) is 17.8 Å². The highest BCUT2D eigenvalue weighted by Crippen LogP contribution is 2.41. The first-order valence-electron chi connectivity index (χ1n) is 27.5. The van der Waals surface area contributed by atoms with Crippen LogP contribution in [0.5, 0.6) is 17.2 Å². The van der Waals surface area contributed by atoms with Gasteiger partial charge in [0.05, 0.1) is 96.5 Å². The molecule has 0 spiro atoms. The summed E-state index contributed by atoms with van der Waals surface area (Å²) >= 11 is 0. The number of likely N-dealkylation sites (tertiary alicyclic amines) is 1. The maximum Gasteiger partial charge on any atom is 0.251 e. The maximum atomic E-state index is 13.3. The van der Waals surface area contributed by atoms with Gasteiger partial charge in [-0.15, -0.1) is 0 Å². The Morgan fingerprint density at radius 1 is 0.800 bits per heavy atom. The molecule has 424 valence electrons. The summed E-state index contributed by atoms with van der Waals surface area (Å²) in [7, 11) is 3.32. The summed E-state index contributed by atoms with van der Waals surface area (Å²) < 4.78 is 41.6. The predicted molar refractivity (Wildman–Crippen MR) is 303 cm³/mol. The second-order valence-corrected chi connectivity index (χ2v) is 19.6. The fourth-order valence-corrected chi connectivity index (χ4v) is 10.2. The largest absolute Gasteiger partial charge is 0.495 e. The van der Waals surface area contributed by atoms with Gasteiger partial charge >= 0.3 is 0 Å². The van der Waals surface area contributed by atoms with Crippen LogP contribution in [0.1, 0.15) is 68.3 Å². The van der Waals surface area contributed by atoms with Gasteiger partial charge in [-0.2, -0.15) is 10.1 Å². The van der Waals surface area contributed by atoms with Crippen molar-refractivity contribution in [2.45, 2.75) is 70.0 Å². The Balaban J connectivity index is 0.595. The van der Waals surface area contributed by atoms with Crippen molar-refractivity contribution in [1.29, 1.82) is 0 Å². The zero-order valence-corrected chi connectivity index (χ0v) is 45.8. The van der Waals surface area contributed by atoms with E-state index in [0.29, 0.717) is 142 Å². The molecule has 3 aromatic carbocycles. The lowest BCUT2D eigenvalue weighted by molar-refractivity contribution is -0.127. The van der Waals surface area contributed by atoms with Crippen LogP contribution in [0.3, 0.4) is 0 Å². The van der Waals surface area contributed by atoms with Crippen LogP contribution in [-0.4, -0.2) is 164 Å². The van der Waals surface area contributed by atoms with Crippen LogP contribution >= 0.6 is 0 Å². The van der Waals surface area contributed by atoms with E-state index in [9.17, 15) is 14.4 Å². The number of aromatic nitrogens is 6. The van der Waals surface area contributed by atoms with Gasteiger partial charge in [0.15, 0.2) is 11.5 Å². The van der Waals surface area contributed by atoms with Crippen LogP contribution in [0.15, 0.2) is 97.5 Å². The van der Waals surface area contributed by atoms with Gasteiger partial charge in [-0.3, -0.25) is 14.4 Å². The molecule has 2 fully saturated rings. The molecule has 22 nitrogen and oxygen atoms in total. The second kappa shape index (κ2) is 28.4.